The summed E-state index contributed by atoms with van der Waals surface area (Å²) in [6.07, 6.45) is -2.42. The maximum atomic E-state index is 11.9. The summed E-state index contributed by atoms with van der Waals surface area (Å²) >= 11 is 3.43. The zero-order chi connectivity index (χ0) is 13.2. The molecule has 1 saturated carbocycles. The van der Waals surface area contributed by atoms with E-state index in [0.717, 1.165) is 18.2 Å². The van der Waals surface area contributed by atoms with Gasteiger partial charge in [0.15, 0.2) is 0 Å². The Balaban J connectivity index is 1.88. The Kier molecular flexibility index (Phi) is 3.75. The molecule has 0 saturated heterocycles. The Hall–Kier alpha value is -0.910. The number of hydrogen-bond acceptors (Lipinski definition) is 2. The summed E-state index contributed by atoms with van der Waals surface area (Å²) in [5.41, 5.74) is 0.209. The minimum absolute atomic E-state index is 0.209. The molecule has 0 amide bonds. The molecule has 0 unspecified atom stereocenters. The van der Waals surface area contributed by atoms with Crippen LogP contribution in [0.3, 0.4) is 0 Å². The molecule has 0 atom stereocenters. The van der Waals surface area contributed by atoms with Gasteiger partial charge in [0.1, 0.15) is 11.5 Å². The summed E-state index contributed by atoms with van der Waals surface area (Å²) in [5, 5.41) is 0.884. The fourth-order valence-corrected chi connectivity index (χ4v) is 2.19. The van der Waals surface area contributed by atoms with Gasteiger partial charge >= 0.3 is 6.36 Å². The molecule has 100 valence electrons. The van der Waals surface area contributed by atoms with Crippen molar-refractivity contribution in [3.63, 3.8) is 0 Å². The van der Waals surface area contributed by atoms with Crippen molar-refractivity contribution in [3.8, 4) is 11.5 Å². The number of rotatable bonds is 5. The quantitative estimate of drug-likeness (QED) is 0.758. The Morgan fingerprint density at radius 2 is 1.67 bits per heavy atom. The molecule has 0 spiro atoms. The summed E-state index contributed by atoms with van der Waals surface area (Å²) < 4.78 is 45.1. The fraction of sp³-hybridized carbons (Fsp3) is 0.500. The standard InChI is InChI=1S/C12H12BrF3O2/c13-7-11(5-6-11)8-17-9-1-3-10(4-2-9)18-12(14,15)16/h1-4H,5-8H2. The lowest BCUT2D eigenvalue weighted by atomic mass is 10.2. The van der Waals surface area contributed by atoms with Gasteiger partial charge in [0.2, 0.25) is 0 Å². The normalized spacial score (nSPS) is 17.3. The zero-order valence-electron chi connectivity index (χ0n) is 9.47. The smallest absolute Gasteiger partial charge is 0.493 e. The van der Waals surface area contributed by atoms with Crippen molar-refractivity contribution in [2.45, 2.75) is 19.2 Å². The van der Waals surface area contributed by atoms with Gasteiger partial charge in [-0.1, -0.05) is 15.9 Å². The van der Waals surface area contributed by atoms with Crippen LogP contribution in [0, 0.1) is 5.41 Å². The SMILES string of the molecule is FC(F)(F)Oc1ccc(OCC2(CBr)CC2)cc1. The molecular weight excluding hydrogens is 313 g/mol. The molecule has 0 aromatic heterocycles. The van der Waals surface area contributed by atoms with Crippen LogP contribution in [0.5, 0.6) is 11.5 Å². The van der Waals surface area contributed by atoms with E-state index in [1.807, 2.05) is 0 Å². The third kappa shape index (κ3) is 3.80. The van der Waals surface area contributed by atoms with Crippen LogP contribution in [0.25, 0.3) is 0 Å². The predicted molar refractivity (Wildman–Crippen MR) is 64.1 cm³/mol. The highest BCUT2D eigenvalue weighted by atomic mass is 79.9. The second-order valence-electron chi connectivity index (χ2n) is 4.44. The molecule has 2 rings (SSSR count). The molecule has 1 aliphatic rings. The monoisotopic (exact) mass is 324 g/mol. The number of hydrogen-bond donors (Lipinski definition) is 0. The second-order valence-corrected chi connectivity index (χ2v) is 5.00. The molecule has 1 fully saturated rings. The summed E-state index contributed by atoms with van der Waals surface area (Å²) in [5.74, 6) is 0.313. The third-order valence-electron chi connectivity index (χ3n) is 2.84. The van der Waals surface area contributed by atoms with E-state index >= 15 is 0 Å². The highest BCUT2D eigenvalue weighted by molar-refractivity contribution is 9.09. The van der Waals surface area contributed by atoms with Crippen molar-refractivity contribution in [1.82, 2.24) is 0 Å². The van der Waals surface area contributed by atoms with Gasteiger partial charge in [0, 0.05) is 10.7 Å². The van der Waals surface area contributed by atoms with E-state index in [2.05, 4.69) is 20.7 Å². The number of ether oxygens (including phenoxy) is 2. The van der Waals surface area contributed by atoms with Crippen molar-refractivity contribution in [1.29, 1.82) is 0 Å². The highest BCUT2D eigenvalue weighted by Gasteiger charge is 2.42. The predicted octanol–water partition coefficient (Wildman–Crippen LogP) is 4.14. The van der Waals surface area contributed by atoms with Crippen LogP contribution in [-0.4, -0.2) is 18.3 Å². The molecule has 0 heterocycles. The molecule has 1 aliphatic carbocycles. The van der Waals surface area contributed by atoms with E-state index in [1.165, 1.54) is 24.3 Å². The van der Waals surface area contributed by atoms with Crippen LogP contribution in [0.2, 0.25) is 0 Å². The topological polar surface area (TPSA) is 18.5 Å². The molecule has 0 radical (unpaired) electrons. The summed E-state index contributed by atoms with van der Waals surface area (Å²) in [4.78, 5) is 0. The first-order chi connectivity index (χ1) is 8.42. The van der Waals surface area contributed by atoms with Gasteiger partial charge in [-0.15, -0.1) is 13.2 Å². The lowest BCUT2D eigenvalue weighted by molar-refractivity contribution is -0.274. The highest BCUT2D eigenvalue weighted by Crippen LogP contribution is 2.47. The second kappa shape index (κ2) is 4.99. The van der Waals surface area contributed by atoms with E-state index in [9.17, 15) is 13.2 Å². The molecule has 0 bridgehead atoms. The van der Waals surface area contributed by atoms with Gasteiger partial charge in [-0.25, -0.2) is 0 Å². The molecule has 18 heavy (non-hydrogen) atoms. The van der Waals surface area contributed by atoms with Crippen LogP contribution in [0.4, 0.5) is 13.2 Å². The molecule has 0 aliphatic heterocycles. The lowest BCUT2D eigenvalue weighted by Crippen LogP contribution is -2.17. The maximum Gasteiger partial charge on any atom is 0.573 e. The Morgan fingerprint density at radius 3 is 2.11 bits per heavy atom. The van der Waals surface area contributed by atoms with Crippen LogP contribution in [0.15, 0.2) is 24.3 Å². The molecule has 1 aromatic carbocycles. The Bertz CT molecular complexity index is 399. The molecule has 6 heteroatoms. The number of halogens is 4. The maximum absolute atomic E-state index is 11.9. The van der Waals surface area contributed by atoms with E-state index in [4.69, 9.17) is 4.74 Å². The van der Waals surface area contributed by atoms with Gasteiger partial charge in [-0.05, 0) is 37.1 Å². The van der Waals surface area contributed by atoms with Gasteiger partial charge in [0.05, 0.1) is 6.61 Å². The van der Waals surface area contributed by atoms with Crippen molar-refractivity contribution in [3.05, 3.63) is 24.3 Å². The largest absolute Gasteiger partial charge is 0.573 e. The number of alkyl halides is 4. The van der Waals surface area contributed by atoms with Crippen molar-refractivity contribution >= 4 is 15.9 Å². The first-order valence-corrected chi connectivity index (χ1v) is 6.59. The van der Waals surface area contributed by atoms with E-state index in [-0.39, 0.29) is 11.2 Å². The van der Waals surface area contributed by atoms with Crippen molar-refractivity contribution in [2.75, 3.05) is 11.9 Å². The summed E-state index contributed by atoms with van der Waals surface area (Å²) in [6, 6.07) is 5.45. The molecule has 0 N–H and O–H groups in total. The summed E-state index contributed by atoms with van der Waals surface area (Å²) in [7, 11) is 0. The minimum Gasteiger partial charge on any atom is -0.493 e. The third-order valence-corrected chi connectivity index (χ3v) is 4.03. The van der Waals surface area contributed by atoms with E-state index in [0.29, 0.717) is 12.4 Å². The molecular formula is C12H12BrF3O2. The first kappa shape index (κ1) is 13.5. The zero-order valence-corrected chi connectivity index (χ0v) is 11.1. The fourth-order valence-electron chi connectivity index (χ4n) is 1.47. The average Bonchev–Trinajstić information content (AvgIpc) is 3.07. The van der Waals surface area contributed by atoms with Crippen molar-refractivity contribution in [2.24, 2.45) is 5.41 Å². The van der Waals surface area contributed by atoms with Crippen LogP contribution < -0.4 is 9.47 Å². The average molecular weight is 325 g/mol. The van der Waals surface area contributed by atoms with Crippen LogP contribution in [-0.2, 0) is 0 Å². The van der Waals surface area contributed by atoms with Gasteiger partial charge in [0.25, 0.3) is 0 Å². The van der Waals surface area contributed by atoms with Crippen LogP contribution >= 0.6 is 15.9 Å². The first-order valence-electron chi connectivity index (χ1n) is 5.47. The van der Waals surface area contributed by atoms with Gasteiger partial charge < -0.3 is 9.47 Å². The summed E-state index contributed by atoms with van der Waals surface area (Å²) in [6.45, 7) is 0.581. The van der Waals surface area contributed by atoms with Gasteiger partial charge in [-0.2, -0.15) is 0 Å². The number of benzene rings is 1. The van der Waals surface area contributed by atoms with E-state index in [1.54, 1.807) is 0 Å². The molecule has 1 aromatic rings. The van der Waals surface area contributed by atoms with Crippen molar-refractivity contribution < 1.29 is 22.6 Å². The minimum atomic E-state index is -4.66. The molecule has 2 nitrogen and oxygen atoms in total. The van der Waals surface area contributed by atoms with E-state index < -0.39 is 6.36 Å². The Labute approximate surface area is 111 Å². The van der Waals surface area contributed by atoms with Crippen LogP contribution in [0.1, 0.15) is 12.8 Å². The van der Waals surface area contributed by atoms with Gasteiger partial charge in [-0.3, -0.25) is 0 Å². The lowest BCUT2D eigenvalue weighted by Gasteiger charge is -2.14. The Morgan fingerprint density at radius 1 is 1.11 bits per heavy atom.